The topological polar surface area (TPSA) is 88.5 Å². The second-order valence-corrected chi connectivity index (χ2v) is 9.75. The van der Waals surface area contributed by atoms with Crippen LogP contribution in [0.5, 0.6) is 0 Å². The second kappa shape index (κ2) is 9.76. The Hall–Kier alpha value is -3.17. The number of hydrogen-bond donors (Lipinski definition) is 2. The minimum Gasteiger partial charge on any atom is -0.378 e. The Bertz CT molecular complexity index is 1130. The molecule has 2 aromatic heterocycles. The Morgan fingerprint density at radius 3 is 2.70 bits per heavy atom. The van der Waals surface area contributed by atoms with E-state index < -0.39 is 0 Å². The van der Waals surface area contributed by atoms with Gasteiger partial charge in [-0.1, -0.05) is 12.1 Å². The summed E-state index contributed by atoms with van der Waals surface area (Å²) in [6.45, 7) is 9.26. The van der Waals surface area contributed by atoms with Gasteiger partial charge in [-0.15, -0.1) is 11.3 Å². The molecular formula is C24H29N5O3S. The molecule has 3 heterocycles. The molecule has 2 amide bonds. The van der Waals surface area contributed by atoms with Gasteiger partial charge in [0, 0.05) is 47.7 Å². The molecule has 1 aliphatic heterocycles. The number of hydrogen-bond acceptors (Lipinski definition) is 6. The van der Waals surface area contributed by atoms with Gasteiger partial charge in [0.25, 0.3) is 5.91 Å². The molecule has 2 N–H and O–H groups in total. The molecule has 174 valence electrons. The largest absolute Gasteiger partial charge is 0.378 e. The summed E-state index contributed by atoms with van der Waals surface area (Å²) in [5, 5.41) is 7.85. The van der Waals surface area contributed by atoms with Gasteiger partial charge in [0.05, 0.1) is 31.0 Å². The van der Waals surface area contributed by atoms with Crippen molar-refractivity contribution in [3.63, 3.8) is 0 Å². The molecule has 33 heavy (non-hydrogen) atoms. The minimum absolute atomic E-state index is 0.111. The number of rotatable bonds is 6. The van der Waals surface area contributed by atoms with Gasteiger partial charge in [-0.05, 0) is 39.0 Å². The minimum atomic E-state index is -0.318. The molecule has 1 aromatic carbocycles. The van der Waals surface area contributed by atoms with E-state index in [1.807, 2.05) is 28.3 Å². The lowest BCUT2D eigenvalue weighted by atomic mass is 10.1. The first kappa shape index (κ1) is 23.0. The molecule has 9 heteroatoms. The molecule has 3 aromatic rings. The molecular weight excluding hydrogens is 438 g/mol. The number of amides is 2. The summed E-state index contributed by atoms with van der Waals surface area (Å²) >= 11 is 1.36. The van der Waals surface area contributed by atoms with Crippen LogP contribution in [0.2, 0.25) is 0 Å². The zero-order chi connectivity index (χ0) is 23.4. The summed E-state index contributed by atoms with van der Waals surface area (Å²) in [5.74, 6) is -0.602. The molecule has 1 fully saturated rings. The number of benzene rings is 1. The first-order chi connectivity index (χ1) is 15.8. The van der Waals surface area contributed by atoms with Gasteiger partial charge in [0.2, 0.25) is 5.91 Å². The number of ether oxygens (including phenoxy) is 1. The van der Waals surface area contributed by atoms with Crippen LogP contribution in [-0.2, 0) is 15.1 Å². The van der Waals surface area contributed by atoms with Crippen LogP contribution in [0.1, 0.15) is 31.1 Å². The fraction of sp³-hybridized carbons (Fsp3) is 0.375. The number of morpholine rings is 1. The highest BCUT2D eigenvalue weighted by molar-refractivity contribution is 7.14. The summed E-state index contributed by atoms with van der Waals surface area (Å²) in [7, 11) is 0. The molecule has 0 radical (unpaired) electrons. The lowest BCUT2D eigenvalue weighted by molar-refractivity contribution is -0.115. The summed E-state index contributed by atoms with van der Waals surface area (Å²) in [6.07, 6.45) is 3.64. The van der Waals surface area contributed by atoms with Crippen molar-refractivity contribution >= 4 is 34.0 Å². The van der Waals surface area contributed by atoms with E-state index in [4.69, 9.17) is 4.74 Å². The quantitative estimate of drug-likeness (QED) is 0.579. The van der Waals surface area contributed by atoms with Crippen LogP contribution in [0.4, 0.5) is 10.8 Å². The highest BCUT2D eigenvalue weighted by Crippen LogP contribution is 2.28. The van der Waals surface area contributed by atoms with Gasteiger partial charge in [0.1, 0.15) is 0 Å². The van der Waals surface area contributed by atoms with Crippen LogP contribution < -0.4 is 15.5 Å². The number of carbonyl (C=O) groups excluding carboxylic acids is 2. The number of carbonyl (C=O) groups is 2. The van der Waals surface area contributed by atoms with E-state index in [2.05, 4.69) is 53.4 Å². The number of nitrogens with one attached hydrogen (secondary N) is 2. The summed E-state index contributed by atoms with van der Waals surface area (Å²) in [4.78, 5) is 31.5. The van der Waals surface area contributed by atoms with Crippen molar-refractivity contribution in [3.8, 4) is 11.3 Å². The van der Waals surface area contributed by atoms with Gasteiger partial charge < -0.3 is 24.8 Å². The highest BCUT2D eigenvalue weighted by atomic mass is 32.1. The van der Waals surface area contributed by atoms with E-state index in [1.165, 1.54) is 11.3 Å². The van der Waals surface area contributed by atoms with Crippen LogP contribution in [-0.4, -0.2) is 54.2 Å². The van der Waals surface area contributed by atoms with Crippen LogP contribution in [0.3, 0.4) is 0 Å². The Kier molecular flexibility index (Phi) is 6.80. The molecule has 0 unspecified atom stereocenters. The standard InChI is InChI=1S/C24H29N5O3S/c1-24(2,3)29-8-7-18(15-29)22(31)25-14-21(30)27-23-26-20(16-33-23)17-5-4-6-19(13-17)28-9-11-32-12-10-28/h4-8,13,15-16H,9-12,14H2,1-3H3,(H,25,31)(H,26,27,30). The summed E-state index contributed by atoms with van der Waals surface area (Å²) < 4.78 is 7.40. The molecule has 1 aliphatic rings. The van der Waals surface area contributed by atoms with Crippen LogP contribution in [0.25, 0.3) is 11.3 Å². The van der Waals surface area contributed by atoms with E-state index in [9.17, 15) is 9.59 Å². The van der Waals surface area contributed by atoms with Crippen molar-refractivity contribution in [2.75, 3.05) is 43.1 Å². The Morgan fingerprint density at radius 2 is 1.97 bits per heavy atom. The molecule has 0 aliphatic carbocycles. The third kappa shape index (κ3) is 5.80. The first-order valence-corrected chi connectivity index (χ1v) is 11.8. The van der Waals surface area contributed by atoms with Gasteiger partial charge in [-0.2, -0.15) is 0 Å². The van der Waals surface area contributed by atoms with Crippen LogP contribution >= 0.6 is 11.3 Å². The summed E-state index contributed by atoms with van der Waals surface area (Å²) in [6, 6.07) is 9.96. The number of aromatic nitrogens is 2. The number of anilines is 2. The van der Waals surface area contributed by atoms with Gasteiger partial charge in [-0.3, -0.25) is 9.59 Å². The van der Waals surface area contributed by atoms with E-state index in [-0.39, 0.29) is 23.9 Å². The van der Waals surface area contributed by atoms with E-state index in [1.54, 1.807) is 12.3 Å². The van der Waals surface area contributed by atoms with E-state index in [0.29, 0.717) is 10.7 Å². The molecule has 8 nitrogen and oxygen atoms in total. The van der Waals surface area contributed by atoms with Gasteiger partial charge in [-0.25, -0.2) is 4.98 Å². The number of nitrogens with zero attached hydrogens (tertiary/aromatic N) is 3. The third-order valence-electron chi connectivity index (χ3n) is 5.41. The van der Waals surface area contributed by atoms with E-state index >= 15 is 0 Å². The van der Waals surface area contributed by atoms with Crippen LogP contribution in [0.15, 0.2) is 48.1 Å². The normalized spacial score (nSPS) is 14.2. The number of thiazole rings is 1. The van der Waals surface area contributed by atoms with Crippen molar-refractivity contribution in [1.82, 2.24) is 14.9 Å². The Labute approximate surface area is 197 Å². The maximum Gasteiger partial charge on any atom is 0.253 e. The van der Waals surface area contributed by atoms with Gasteiger partial charge in [0.15, 0.2) is 5.13 Å². The zero-order valence-corrected chi connectivity index (χ0v) is 19.9. The molecule has 0 spiro atoms. The Morgan fingerprint density at radius 1 is 1.18 bits per heavy atom. The Balaban J connectivity index is 1.32. The molecule has 0 saturated carbocycles. The maximum atomic E-state index is 12.4. The monoisotopic (exact) mass is 467 g/mol. The summed E-state index contributed by atoms with van der Waals surface area (Å²) in [5.41, 5.74) is 3.34. The average molecular weight is 468 g/mol. The second-order valence-electron chi connectivity index (χ2n) is 8.90. The predicted molar refractivity (Wildman–Crippen MR) is 131 cm³/mol. The lowest BCUT2D eigenvalue weighted by Crippen LogP contribution is -2.36. The van der Waals surface area contributed by atoms with Crippen LogP contribution in [0, 0.1) is 0 Å². The maximum absolute atomic E-state index is 12.4. The molecule has 0 atom stereocenters. The van der Waals surface area contributed by atoms with Crippen molar-refractivity contribution < 1.29 is 14.3 Å². The fourth-order valence-electron chi connectivity index (χ4n) is 3.52. The molecule has 0 bridgehead atoms. The third-order valence-corrected chi connectivity index (χ3v) is 6.17. The van der Waals surface area contributed by atoms with Gasteiger partial charge >= 0.3 is 0 Å². The molecule has 4 rings (SSSR count). The highest BCUT2D eigenvalue weighted by Gasteiger charge is 2.17. The first-order valence-electron chi connectivity index (χ1n) is 10.9. The smallest absolute Gasteiger partial charge is 0.253 e. The van der Waals surface area contributed by atoms with E-state index in [0.717, 1.165) is 43.2 Å². The SMILES string of the molecule is CC(C)(C)n1ccc(C(=O)NCC(=O)Nc2nc(-c3cccc(N4CCOCC4)c3)cs2)c1. The van der Waals surface area contributed by atoms with Crippen molar-refractivity contribution in [2.24, 2.45) is 0 Å². The van der Waals surface area contributed by atoms with Crippen molar-refractivity contribution in [1.29, 1.82) is 0 Å². The molecule has 1 saturated heterocycles. The fourth-order valence-corrected chi connectivity index (χ4v) is 4.26. The average Bonchev–Trinajstić information content (AvgIpc) is 3.48. The van der Waals surface area contributed by atoms with Crippen molar-refractivity contribution in [3.05, 3.63) is 53.7 Å². The lowest BCUT2D eigenvalue weighted by Gasteiger charge is -2.29. The van der Waals surface area contributed by atoms with Crippen molar-refractivity contribution in [2.45, 2.75) is 26.3 Å². The predicted octanol–water partition coefficient (Wildman–Crippen LogP) is 3.57. The zero-order valence-electron chi connectivity index (χ0n) is 19.1.